The number of rotatable bonds is 3. The predicted molar refractivity (Wildman–Crippen MR) is 51.5 cm³/mol. The van der Waals surface area contributed by atoms with Gasteiger partial charge in [-0.25, -0.2) is 8.78 Å². The lowest BCUT2D eigenvalue weighted by Gasteiger charge is -2.16. The molecule has 3 N–H and O–H groups in total. The fraction of sp³-hybridized carbons (Fsp3) is 0.400. The summed E-state index contributed by atoms with van der Waals surface area (Å²) in [5, 5.41) is 9.54. The fourth-order valence-electron chi connectivity index (χ4n) is 1.23. The Morgan fingerprint density at radius 2 is 2.00 bits per heavy atom. The Hall–Kier alpha value is -1.20. The molecule has 0 aliphatic rings. The second-order valence-corrected chi connectivity index (χ2v) is 3.32. The first-order valence-electron chi connectivity index (χ1n) is 4.44. The first-order chi connectivity index (χ1) is 6.97. The molecule has 0 aromatic heterocycles. The van der Waals surface area contributed by atoms with Gasteiger partial charge in [-0.15, -0.1) is 0 Å². The zero-order chi connectivity index (χ0) is 11.6. The maximum absolute atomic E-state index is 13.6. The van der Waals surface area contributed by atoms with Gasteiger partial charge in [0.25, 0.3) is 0 Å². The van der Waals surface area contributed by atoms with E-state index in [4.69, 9.17) is 5.73 Å². The number of benzene rings is 1. The maximum atomic E-state index is 13.6. The van der Waals surface area contributed by atoms with E-state index in [9.17, 15) is 13.9 Å². The second kappa shape index (κ2) is 4.55. The van der Waals surface area contributed by atoms with E-state index in [1.54, 1.807) is 0 Å². The molecule has 0 bridgehead atoms. The number of aliphatic hydroxyl groups excluding tert-OH is 1. The molecule has 1 aromatic carbocycles. The van der Waals surface area contributed by atoms with Crippen LogP contribution in [0, 0.1) is 11.6 Å². The van der Waals surface area contributed by atoms with Crippen molar-refractivity contribution < 1.29 is 18.6 Å². The third kappa shape index (κ3) is 2.43. The molecule has 5 heteroatoms. The van der Waals surface area contributed by atoms with Crippen LogP contribution in [0.25, 0.3) is 0 Å². The summed E-state index contributed by atoms with van der Waals surface area (Å²) in [5.74, 6) is -1.71. The molecule has 0 fully saturated rings. The molecular formula is C10H13F2NO2. The van der Waals surface area contributed by atoms with Crippen LogP contribution in [0.4, 0.5) is 8.78 Å². The minimum absolute atomic E-state index is 0.193. The molecule has 0 heterocycles. The van der Waals surface area contributed by atoms with Gasteiger partial charge in [0.1, 0.15) is 5.82 Å². The number of ether oxygens (including phenoxy) is 1. The van der Waals surface area contributed by atoms with Gasteiger partial charge in [0.15, 0.2) is 11.6 Å². The van der Waals surface area contributed by atoms with Crippen LogP contribution in [0.15, 0.2) is 12.1 Å². The van der Waals surface area contributed by atoms with Crippen LogP contribution in [0.5, 0.6) is 5.75 Å². The summed E-state index contributed by atoms with van der Waals surface area (Å²) in [6, 6.07) is 1.13. The Morgan fingerprint density at radius 1 is 1.40 bits per heavy atom. The van der Waals surface area contributed by atoms with Gasteiger partial charge in [-0.1, -0.05) is 0 Å². The molecule has 3 nitrogen and oxygen atoms in total. The van der Waals surface area contributed by atoms with Gasteiger partial charge in [-0.2, -0.15) is 0 Å². The SMILES string of the molecule is COc1cc(F)cc(C(O)C(C)N)c1F. The fourth-order valence-corrected chi connectivity index (χ4v) is 1.23. The number of nitrogens with two attached hydrogens (primary N) is 1. The summed E-state index contributed by atoms with van der Waals surface area (Å²) in [6.07, 6.45) is -1.26. The Morgan fingerprint density at radius 3 is 2.47 bits per heavy atom. The number of halogens is 2. The minimum Gasteiger partial charge on any atom is -0.494 e. The van der Waals surface area contributed by atoms with Crippen LogP contribution in [-0.2, 0) is 0 Å². The van der Waals surface area contributed by atoms with Crippen molar-refractivity contribution in [1.29, 1.82) is 0 Å². The van der Waals surface area contributed by atoms with Gasteiger partial charge < -0.3 is 15.6 Å². The molecule has 0 radical (unpaired) electrons. The van der Waals surface area contributed by atoms with Crippen molar-refractivity contribution in [2.45, 2.75) is 19.1 Å². The highest BCUT2D eigenvalue weighted by atomic mass is 19.1. The third-order valence-electron chi connectivity index (χ3n) is 2.07. The molecule has 0 spiro atoms. The van der Waals surface area contributed by atoms with E-state index in [1.165, 1.54) is 14.0 Å². The molecule has 0 aliphatic carbocycles. The van der Waals surface area contributed by atoms with E-state index in [1.807, 2.05) is 0 Å². The van der Waals surface area contributed by atoms with Crippen LogP contribution < -0.4 is 10.5 Å². The quantitative estimate of drug-likeness (QED) is 0.803. The lowest BCUT2D eigenvalue weighted by molar-refractivity contribution is 0.147. The Labute approximate surface area is 86.5 Å². The molecule has 0 saturated carbocycles. The molecule has 2 atom stereocenters. The molecule has 2 unspecified atom stereocenters. The monoisotopic (exact) mass is 217 g/mol. The van der Waals surface area contributed by atoms with Gasteiger partial charge in [0.2, 0.25) is 0 Å². The number of hydrogen-bond acceptors (Lipinski definition) is 3. The summed E-state index contributed by atoms with van der Waals surface area (Å²) in [4.78, 5) is 0. The van der Waals surface area contributed by atoms with E-state index in [0.29, 0.717) is 0 Å². The van der Waals surface area contributed by atoms with Crippen LogP contribution in [-0.4, -0.2) is 18.3 Å². The predicted octanol–water partition coefficient (Wildman–Crippen LogP) is 1.35. The van der Waals surface area contributed by atoms with Crippen LogP contribution in [0.3, 0.4) is 0 Å². The van der Waals surface area contributed by atoms with Gasteiger partial charge in [-0.05, 0) is 13.0 Å². The maximum Gasteiger partial charge on any atom is 0.171 e. The van der Waals surface area contributed by atoms with Gasteiger partial charge in [0.05, 0.1) is 13.2 Å². The highest BCUT2D eigenvalue weighted by molar-refractivity contribution is 5.33. The van der Waals surface area contributed by atoms with Crippen molar-refractivity contribution >= 4 is 0 Å². The van der Waals surface area contributed by atoms with Crippen LogP contribution in [0.2, 0.25) is 0 Å². The Balaban J connectivity index is 3.22. The van der Waals surface area contributed by atoms with E-state index >= 15 is 0 Å². The van der Waals surface area contributed by atoms with Crippen molar-refractivity contribution in [3.05, 3.63) is 29.3 Å². The first-order valence-corrected chi connectivity index (χ1v) is 4.44. The van der Waals surface area contributed by atoms with Crippen LogP contribution in [0.1, 0.15) is 18.6 Å². The topological polar surface area (TPSA) is 55.5 Å². The van der Waals surface area contributed by atoms with Crippen molar-refractivity contribution in [3.8, 4) is 5.75 Å². The molecule has 15 heavy (non-hydrogen) atoms. The molecular weight excluding hydrogens is 204 g/mol. The zero-order valence-corrected chi connectivity index (χ0v) is 8.50. The van der Waals surface area contributed by atoms with E-state index < -0.39 is 23.8 Å². The number of methoxy groups -OCH3 is 1. The van der Waals surface area contributed by atoms with Crippen molar-refractivity contribution in [3.63, 3.8) is 0 Å². The first kappa shape index (κ1) is 11.9. The van der Waals surface area contributed by atoms with Crippen molar-refractivity contribution in [1.82, 2.24) is 0 Å². The van der Waals surface area contributed by atoms with Crippen molar-refractivity contribution in [2.24, 2.45) is 5.73 Å². The lowest BCUT2D eigenvalue weighted by atomic mass is 10.0. The molecule has 0 amide bonds. The van der Waals surface area contributed by atoms with Crippen LogP contribution >= 0.6 is 0 Å². The third-order valence-corrected chi connectivity index (χ3v) is 2.07. The van der Waals surface area contributed by atoms with E-state index in [0.717, 1.165) is 12.1 Å². The van der Waals surface area contributed by atoms with E-state index in [-0.39, 0.29) is 11.3 Å². The highest BCUT2D eigenvalue weighted by Gasteiger charge is 2.20. The average molecular weight is 217 g/mol. The standard InChI is InChI=1S/C10H13F2NO2/c1-5(13)10(14)7-3-6(11)4-8(15-2)9(7)12/h3-5,10,14H,13H2,1-2H3. The van der Waals surface area contributed by atoms with E-state index in [2.05, 4.69) is 4.74 Å². The molecule has 0 aliphatic heterocycles. The summed E-state index contributed by atoms with van der Waals surface area (Å²) < 4.78 is 31.2. The normalized spacial score (nSPS) is 14.8. The van der Waals surface area contributed by atoms with Gasteiger partial charge in [0, 0.05) is 17.7 Å². The Bertz CT molecular complexity index is 356. The van der Waals surface area contributed by atoms with Crippen molar-refractivity contribution in [2.75, 3.05) is 7.11 Å². The highest BCUT2D eigenvalue weighted by Crippen LogP contribution is 2.27. The average Bonchev–Trinajstić information content (AvgIpc) is 2.19. The summed E-state index contributed by atoms with van der Waals surface area (Å²) in [7, 11) is 1.22. The molecule has 0 saturated heterocycles. The second-order valence-electron chi connectivity index (χ2n) is 3.32. The number of aliphatic hydroxyl groups is 1. The Kier molecular flexibility index (Phi) is 3.60. The molecule has 1 aromatic rings. The minimum atomic E-state index is -1.26. The van der Waals surface area contributed by atoms with Gasteiger partial charge in [-0.3, -0.25) is 0 Å². The summed E-state index contributed by atoms with van der Waals surface area (Å²) in [6.45, 7) is 1.50. The number of hydrogen-bond donors (Lipinski definition) is 2. The van der Waals surface area contributed by atoms with Gasteiger partial charge >= 0.3 is 0 Å². The molecule has 84 valence electrons. The summed E-state index contributed by atoms with van der Waals surface area (Å²) in [5.41, 5.74) is 5.21. The molecule has 1 rings (SSSR count). The largest absolute Gasteiger partial charge is 0.494 e. The summed E-state index contributed by atoms with van der Waals surface area (Å²) >= 11 is 0. The lowest BCUT2D eigenvalue weighted by Crippen LogP contribution is -2.25. The zero-order valence-electron chi connectivity index (χ0n) is 8.50. The smallest absolute Gasteiger partial charge is 0.171 e.